The van der Waals surface area contributed by atoms with E-state index in [1.54, 1.807) is 54.7 Å². The summed E-state index contributed by atoms with van der Waals surface area (Å²) in [5.41, 5.74) is 4.55. The topological polar surface area (TPSA) is 89.5 Å². The molecule has 1 amide bonds. The van der Waals surface area contributed by atoms with Crippen molar-refractivity contribution in [2.24, 2.45) is 0 Å². The van der Waals surface area contributed by atoms with Gasteiger partial charge in [-0.05, 0) is 74.9 Å². The van der Waals surface area contributed by atoms with Crippen LogP contribution in [0.5, 0.6) is 0 Å². The number of ketones is 1. The van der Waals surface area contributed by atoms with E-state index < -0.39 is 11.6 Å². The number of allylic oxidation sites excluding steroid dienone is 1. The molecule has 5 aromatic rings. The van der Waals surface area contributed by atoms with Crippen molar-refractivity contribution in [1.29, 1.82) is 0 Å². The lowest BCUT2D eigenvalue weighted by atomic mass is 9.96. The molecule has 0 fully saturated rings. The number of nitrogens with zero attached hydrogens (tertiary/aromatic N) is 3. The first-order valence-corrected chi connectivity index (χ1v) is 13.3. The molecule has 3 heterocycles. The SMILES string of the molecule is CC(=O)N1/C(=C\c2cc(-c3cccc4cccnc34)c3cc(C(=O)OC(C)(C)C)ccc3n2)C(=O)c2ccccc21. The lowest BCUT2D eigenvalue weighted by Gasteiger charge is -2.20. The Kier molecular flexibility index (Phi) is 6.22. The van der Waals surface area contributed by atoms with Crippen molar-refractivity contribution < 1.29 is 19.1 Å². The molecule has 41 heavy (non-hydrogen) atoms. The van der Waals surface area contributed by atoms with E-state index in [1.807, 2.05) is 57.2 Å². The van der Waals surface area contributed by atoms with Crippen LogP contribution in [0.3, 0.4) is 0 Å². The van der Waals surface area contributed by atoms with Crippen molar-refractivity contribution >= 4 is 51.2 Å². The van der Waals surface area contributed by atoms with Crippen LogP contribution in [0.1, 0.15) is 54.1 Å². The van der Waals surface area contributed by atoms with Gasteiger partial charge in [-0.15, -0.1) is 0 Å². The second-order valence-electron chi connectivity index (χ2n) is 10.9. The highest BCUT2D eigenvalue weighted by atomic mass is 16.6. The zero-order chi connectivity index (χ0) is 28.9. The predicted molar refractivity (Wildman–Crippen MR) is 160 cm³/mol. The minimum Gasteiger partial charge on any atom is -0.456 e. The highest BCUT2D eigenvalue weighted by Crippen LogP contribution is 2.37. The molecular formula is C34H27N3O4. The summed E-state index contributed by atoms with van der Waals surface area (Å²) in [5, 5.41) is 1.69. The summed E-state index contributed by atoms with van der Waals surface area (Å²) in [4.78, 5) is 49.9. The van der Waals surface area contributed by atoms with Gasteiger partial charge in [-0.3, -0.25) is 19.5 Å². The lowest BCUT2D eigenvalue weighted by Crippen LogP contribution is -2.25. The maximum atomic E-state index is 13.4. The molecule has 0 spiro atoms. The molecule has 1 aliphatic rings. The molecule has 0 unspecified atom stereocenters. The smallest absolute Gasteiger partial charge is 0.338 e. The number of hydrogen-bond donors (Lipinski definition) is 0. The number of aromatic nitrogens is 2. The molecule has 0 bridgehead atoms. The number of fused-ring (bicyclic) bond motifs is 3. The van der Waals surface area contributed by atoms with Crippen LogP contribution in [-0.2, 0) is 9.53 Å². The summed E-state index contributed by atoms with van der Waals surface area (Å²) in [6, 6.07) is 23.9. The van der Waals surface area contributed by atoms with Gasteiger partial charge in [0, 0.05) is 35.0 Å². The number of carbonyl (C=O) groups excluding carboxylic acids is 3. The van der Waals surface area contributed by atoms with Gasteiger partial charge in [-0.2, -0.15) is 0 Å². The molecule has 0 N–H and O–H groups in total. The molecular weight excluding hydrogens is 514 g/mol. The Morgan fingerprint density at radius 2 is 1.63 bits per heavy atom. The van der Waals surface area contributed by atoms with Crippen molar-refractivity contribution in [3.63, 3.8) is 0 Å². The van der Waals surface area contributed by atoms with Gasteiger partial charge < -0.3 is 4.74 Å². The second kappa shape index (κ2) is 9.78. The fraction of sp³-hybridized carbons (Fsp3) is 0.147. The number of Topliss-reactive ketones (excluding diaryl/α,β-unsaturated/α-hetero) is 1. The van der Waals surface area contributed by atoms with Crippen molar-refractivity contribution in [1.82, 2.24) is 9.97 Å². The van der Waals surface area contributed by atoms with Gasteiger partial charge >= 0.3 is 5.97 Å². The summed E-state index contributed by atoms with van der Waals surface area (Å²) in [5.74, 6) is -0.943. The van der Waals surface area contributed by atoms with Crippen LogP contribution in [0.4, 0.5) is 5.69 Å². The Morgan fingerprint density at radius 3 is 2.41 bits per heavy atom. The third-order valence-electron chi connectivity index (χ3n) is 6.85. The summed E-state index contributed by atoms with van der Waals surface area (Å²) in [7, 11) is 0. The van der Waals surface area contributed by atoms with E-state index in [1.165, 1.54) is 11.8 Å². The van der Waals surface area contributed by atoms with Crippen LogP contribution in [-0.4, -0.2) is 33.2 Å². The van der Waals surface area contributed by atoms with E-state index in [9.17, 15) is 14.4 Å². The normalized spacial score (nSPS) is 14.1. The van der Waals surface area contributed by atoms with E-state index >= 15 is 0 Å². The number of esters is 1. The molecule has 2 aromatic heterocycles. The number of para-hydroxylation sites is 2. The molecule has 0 radical (unpaired) electrons. The minimum atomic E-state index is -0.642. The third-order valence-corrected chi connectivity index (χ3v) is 6.85. The minimum absolute atomic E-state index is 0.234. The van der Waals surface area contributed by atoms with Gasteiger partial charge in [-0.25, -0.2) is 9.78 Å². The van der Waals surface area contributed by atoms with Crippen LogP contribution in [0.15, 0.2) is 90.8 Å². The van der Waals surface area contributed by atoms with Gasteiger partial charge in [0.25, 0.3) is 0 Å². The van der Waals surface area contributed by atoms with Crippen molar-refractivity contribution in [2.75, 3.05) is 4.90 Å². The Bertz CT molecular complexity index is 1930. The van der Waals surface area contributed by atoms with Crippen LogP contribution >= 0.6 is 0 Å². The van der Waals surface area contributed by atoms with Crippen molar-refractivity contribution in [3.8, 4) is 11.1 Å². The van der Waals surface area contributed by atoms with E-state index in [2.05, 4.69) is 4.98 Å². The first-order chi connectivity index (χ1) is 19.6. The van der Waals surface area contributed by atoms with E-state index in [0.29, 0.717) is 28.0 Å². The molecule has 3 aromatic carbocycles. The molecule has 0 saturated heterocycles. The van der Waals surface area contributed by atoms with E-state index in [4.69, 9.17) is 9.72 Å². The summed E-state index contributed by atoms with van der Waals surface area (Å²) >= 11 is 0. The molecule has 0 saturated carbocycles. The Balaban J connectivity index is 1.58. The van der Waals surface area contributed by atoms with Gasteiger partial charge in [-0.1, -0.05) is 36.4 Å². The maximum Gasteiger partial charge on any atom is 0.338 e. The van der Waals surface area contributed by atoms with E-state index in [0.717, 1.165) is 27.4 Å². The average molecular weight is 542 g/mol. The number of benzene rings is 3. The summed E-state index contributed by atoms with van der Waals surface area (Å²) in [6.45, 7) is 6.91. The van der Waals surface area contributed by atoms with Gasteiger partial charge in [0.15, 0.2) is 0 Å². The zero-order valence-corrected chi connectivity index (χ0v) is 23.1. The largest absolute Gasteiger partial charge is 0.456 e. The zero-order valence-electron chi connectivity index (χ0n) is 23.1. The molecule has 7 nitrogen and oxygen atoms in total. The van der Waals surface area contributed by atoms with Crippen LogP contribution < -0.4 is 4.90 Å². The molecule has 6 rings (SSSR count). The van der Waals surface area contributed by atoms with Crippen molar-refractivity contribution in [2.45, 2.75) is 33.3 Å². The second-order valence-corrected chi connectivity index (χ2v) is 10.9. The molecule has 7 heteroatoms. The maximum absolute atomic E-state index is 13.4. The molecule has 202 valence electrons. The summed E-state index contributed by atoms with van der Waals surface area (Å²) in [6.07, 6.45) is 3.39. The first-order valence-electron chi connectivity index (χ1n) is 13.3. The average Bonchev–Trinajstić information content (AvgIpc) is 3.22. The number of carbonyl (C=O) groups is 3. The summed E-state index contributed by atoms with van der Waals surface area (Å²) < 4.78 is 5.62. The quantitative estimate of drug-likeness (QED) is 0.181. The van der Waals surface area contributed by atoms with Crippen LogP contribution in [0.25, 0.3) is 39.0 Å². The van der Waals surface area contributed by atoms with Gasteiger partial charge in [0.2, 0.25) is 11.7 Å². The third kappa shape index (κ3) is 4.76. The molecule has 0 atom stereocenters. The fourth-order valence-corrected chi connectivity index (χ4v) is 5.17. The predicted octanol–water partition coefficient (Wildman–Crippen LogP) is 7.00. The number of anilines is 1. The molecule has 0 aliphatic carbocycles. The molecule has 1 aliphatic heterocycles. The Hall–Kier alpha value is -5.17. The highest BCUT2D eigenvalue weighted by molar-refractivity contribution is 6.26. The van der Waals surface area contributed by atoms with E-state index in [-0.39, 0.29) is 17.4 Å². The number of hydrogen-bond acceptors (Lipinski definition) is 6. The Morgan fingerprint density at radius 1 is 0.878 bits per heavy atom. The fourth-order valence-electron chi connectivity index (χ4n) is 5.17. The van der Waals surface area contributed by atoms with Crippen LogP contribution in [0.2, 0.25) is 0 Å². The number of rotatable bonds is 3. The van der Waals surface area contributed by atoms with Gasteiger partial charge in [0.1, 0.15) is 5.60 Å². The number of amides is 1. The number of pyridine rings is 2. The standard InChI is InChI=1S/C34H27N3O4/c1-20(38)37-29-13-6-5-11-25(29)32(39)30(37)19-23-18-26(24-12-7-9-21-10-8-16-35-31(21)24)27-17-22(14-15-28(27)36-23)33(40)41-34(2,3)4/h5-19H,1-4H3/b30-19-. The Labute approximate surface area is 237 Å². The van der Waals surface area contributed by atoms with Crippen molar-refractivity contribution in [3.05, 3.63) is 108 Å². The van der Waals surface area contributed by atoms with Crippen LogP contribution in [0, 0.1) is 0 Å². The number of ether oxygens (including phenoxy) is 1. The lowest BCUT2D eigenvalue weighted by molar-refractivity contribution is -0.116. The highest BCUT2D eigenvalue weighted by Gasteiger charge is 2.34. The monoisotopic (exact) mass is 541 g/mol. The van der Waals surface area contributed by atoms with Gasteiger partial charge in [0.05, 0.1) is 33.7 Å². The first kappa shape index (κ1) is 26.1.